The van der Waals surface area contributed by atoms with E-state index in [0.717, 1.165) is 11.1 Å². The Labute approximate surface area is 166 Å². The van der Waals surface area contributed by atoms with Gasteiger partial charge in [-0.05, 0) is 49.2 Å². The van der Waals surface area contributed by atoms with Gasteiger partial charge in [0.2, 0.25) is 11.7 Å². The second kappa shape index (κ2) is 9.65. The molecule has 0 bridgehead atoms. The van der Waals surface area contributed by atoms with Crippen molar-refractivity contribution in [1.29, 1.82) is 5.26 Å². The average molecular weight is 382 g/mol. The van der Waals surface area contributed by atoms with Gasteiger partial charge in [0.05, 0.1) is 39.4 Å². The van der Waals surface area contributed by atoms with Crippen molar-refractivity contribution in [2.24, 2.45) is 0 Å². The number of hydrogen-bond donors (Lipinski definition) is 0. The van der Waals surface area contributed by atoms with Gasteiger partial charge in [0.25, 0.3) is 0 Å². The molecule has 0 unspecified atom stereocenters. The van der Waals surface area contributed by atoms with Gasteiger partial charge in [0.1, 0.15) is 0 Å². The first kappa shape index (κ1) is 21.1. The fraction of sp³-hybridized carbons (Fsp3) is 0.364. The summed E-state index contributed by atoms with van der Waals surface area (Å²) in [4.78, 5) is 14.8. The molecule has 0 spiro atoms. The number of methoxy groups -OCH3 is 3. The predicted octanol–water partition coefficient (Wildman–Crippen LogP) is 3.56. The first-order valence-corrected chi connectivity index (χ1v) is 9.00. The summed E-state index contributed by atoms with van der Waals surface area (Å²) in [6.45, 7) is 4.44. The zero-order valence-electron chi connectivity index (χ0n) is 17.0. The highest BCUT2D eigenvalue weighted by molar-refractivity contribution is 5.79. The molecule has 2 rings (SSSR count). The molecule has 0 radical (unpaired) electrons. The molecule has 28 heavy (non-hydrogen) atoms. The molecule has 0 heterocycles. The third kappa shape index (κ3) is 4.95. The van der Waals surface area contributed by atoms with E-state index in [4.69, 9.17) is 19.5 Å². The maximum Gasteiger partial charge on any atom is 0.227 e. The number of ether oxygens (including phenoxy) is 3. The van der Waals surface area contributed by atoms with Gasteiger partial charge >= 0.3 is 0 Å². The molecule has 0 aliphatic rings. The molecule has 2 aromatic rings. The summed E-state index contributed by atoms with van der Waals surface area (Å²) < 4.78 is 16.1. The summed E-state index contributed by atoms with van der Waals surface area (Å²) >= 11 is 0. The molecule has 0 aromatic heterocycles. The van der Waals surface area contributed by atoms with E-state index < -0.39 is 0 Å². The summed E-state index contributed by atoms with van der Waals surface area (Å²) in [5.41, 5.74) is 2.36. The largest absolute Gasteiger partial charge is 0.493 e. The Balaban J connectivity index is 2.23. The van der Waals surface area contributed by atoms with E-state index in [-0.39, 0.29) is 18.4 Å². The predicted molar refractivity (Wildman–Crippen MR) is 107 cm³/mol. The van der Waals surface area contributed by atoms with Crippen molar-refractivity contribution in [2.75, 3.05) is 21.3 Å². The third-order valence-electron chi connectivity index (χ3n) is 4.46. The van der Waals surface area contributed by atoms with Crippen LogP contribution >= 0.6 is 0 Å². The average Bonchev–Trinajstić information content (AvgIpc) is 2.71. The molecular formula is C22H26N2O4. The Morgan fingerprint density at radius 2 is 1.57 bits per heavy atom. The van der Waals surface area contributed by atoms with Crippen molar-refractivity contribution < 1.29 is 19.0 Å². The van der Waals surface area contributed by atoms with Crippen LogP contribution in [0.2, 0.25) is 0 Å². The molecule has 6 nitrogen and oxygen atoms in total. The molecule has 0 N–H and O–H groups in total. The van der Waals surface area contributed by atoms with Crippen molar-refractivity contribution in [1.82, 2.24) is 4.90 Å². The second-order valence-corrected chi connectivity index (χ2v) is 6.63. The zero-order valence-corrected chi connectivity index (χ0v) is 17.0. The number of carbonyl (C=O) groups is 1. The second-order valence-electron chi connectivity index (χ2n) is 6.63. The van der Waals surface area contributed by atoms with E-state index in [1.807, 2.05) is 30.9 Å². The summed E-state index contributed by atoms with van der Waals surface area (Å²) in [5.74, 6) is 1.54. The normalized spacial score (nSPS) is 10.3. The smallest absolute Gasteiger partial charge is 0.227 e. The van der Waals surface area contributed by atoms with Crippen LogP contribution in [0.3, 0.4) is 0 Å². The van der Waals surface area contributed by atoms with E-state index in [1.165, 1.54) is 0 Å². The number of nitrogens with zero attached hydrogens (tertiary/aromatic N) is 2. The number of hydrogen-bond acceptors (Lipinski definition) is 5. The lowest BCUT2D eigenvalue weighted by molar-refractivity contribution is -0.132. The Bertz CT molecular complexity index is 829. The van der Waals surface area contributed by atoms with Gasteiger partial charge in [0, 0.05) is 12.6 Å². The van der Waals surface area contributed by atoms with Crippen molar-refractivity contribution in [2.45, 2.75) is 32.9 Å². The van der Waals surface area contributed by atoms with Gasteiger partial charge < -0.3 is 19.1 Å². The molecule has 0 fully saturated rings. The fourth-order valence-corrected chi connectivity index (χ4v) is 2.95. The van der Waals surface area contributed by atoms with Gasteiger partial charge in [-0.3, -0.25) is 4.79 Å². The van der Waals surface area contributed by atoms with E-state index in [0.29, 0.717) is 29.4 Å². The molecule has 148 valence electrons. The van der Waals surface area contributed by atoms with Gasteiger partial charge in [0.15, 0.2) is 11.5 Å². The SMILES string of the molecule is COc1cc(CC(=O)N(Cc2ccc(C#N)cc2)C(C)C)cc(OC)c1OC. The van der Waals surface area contributed by atoms with Crippen LogP contribution in [-0.4, -0.2) is 38.2 Å². The van der Waals surface area contributed by atoms with E-state index >= 15 is 0 Å². The standard InChI is InChI=1S/C22H26N2O4/c1-15(2)24(14-17-8-6-16(13-23)7-9-17)21(25)12-18-10-19(26-3)22(28-5)20(11-18)27-4/h6-11,15H,12,14H2,1-5H3. The molecule has 0 atom stereocenters. The number of carbonyl (C=O) groups excluding carboxylic acids is 1. The van der Waals surface area contributed by atoms with Crippen LogP contribution in [-0.2, 0) is 17.8 Å². The summed E-state index contributed by atoms with van der Waals surface area (Å²) in [5, 5.41) is 8.93. The first-order chi connectivity index (χ1) is 13.4. The van der Waals surface area contributed by atoms with E-state index in [2.05, 4.69) is 6.07 Å². The lowest BCUT2D eigenvalue weighted by atomic mass is 10.1. The zero-order chi connectivity index (χ0) is 20.7. The molecule has 0 saturated heterocycles. The lowest BCUT2D eigenvalue weighted by Gasteiger charge is -2.27. The fourth-order valence-electron chi connectivity index (χ4n) is 2.95. The highest BCUT2D eigenvalue weighted by Crippen LogP contribution is 2.38. The number of nitriles is 1. The van der Waals surface area contributed by atoms with Gasteiger partial charge in [-0.15, -0.1) is 0 Å². The Morgan fingerprint density at radius 3 is 2.00 bits per heavy atom. The van der Waals surface area contributed by atoms with Crippen molar-refractivity contribution in [3.8, 4) is 23.3 Å². The highest BCUT2D eigenvalue weighted by atomic mass is 16.5. The molecule has 6 heteroatoms. The topological polar surface area (TPSA) is 71.8 Å². The van der Waals surface area contributed by atoms with Crippen LogP contribution in [0.4, 0.5) is 0 Å². The van der Waals surface area contributed by atoms with Crippen LogP contribution in [0.15, 0.2) is 36.4 Å². The van der Waals surface area contributed by atoms with Crippen LogP contribution in [0.25, 0.3) is 0 Å². The van der Waals surface area contributed by atoms with Crippen molar-refractivity contribution in [3.63, 3.8) is 0 Å². The molecule has 2 aromatic carbocycles. The third-order valence-corrected chi connectivity index (χ3v) is 4.46. The van der Waals surface area contributed by atoms with E-state index in [9.17, 15) is 4.79 Å². The van der Waals surface area contributed by atoms with Gasteiger partial charge in [-0.1, -0.05) is 12.1 Å². The Hall–Kier alpha value is -3.20. The Kier molecular flexibility index (Phi) is 7.28. The molecular weight excluding hydrogens is 356 g/mol. The maximum absolute atomic E-state index is 13.0. The van der Waals surface area contributed by atoms with Crippen LogP contribution in [0.1, 0.15) is 30.5 Å². The number of rotatable bonds is 8. The van der Waals surface area contributed by atoms with Gasteiger partial charge in [-0.25, -0.2) is 0 Å². The lowest BCUT2D eigenvalue weighted by Crippen LogP contribution is -2.37. The maximum atomic E-state index is 13.0. The molecule has 0 aliphatic carbocycles. The van der Waals surface area contributed by atoms with Crippen LogP contribution < -0.4 is 14.2 Å². The van der Waals surface area contributed by atoms with Crippen LogP contribution in [0.5, 0.6) is 17.2 Å². The number of benzene rings is 2. The molecule has 0 aliphatic heterocycles. The minimum absolute atomic E-state index is 0.00590. The monoisotopic (exact) mass is 382 g/mol. The summed E-state index contributed by atoms with van der Waals surface area (Å²) in [6.07, 6.45) is 0.213. The van der Waals surface area contributed by atoms with Crippen LogP contribution in [0, 0.1) is 11.3 Å². The number of amides is 1. The summed E-state index contributed by atoms with van der Waals surface area (Å²) in [6, 6.07) is 13.0. The quantitative estimate of drug-likeness (QED) is 0.698. The first-order valence-electron chi connectivity index (χ1n) is 9.00. The van der Waals surface area contributed by atoms with Crippen molar-refractivity contribution in [3.05, 3.63) is 53.1 Å². The molecule has 0 saturated carbocycles. The minimum atomic E-state index is -0.00590. The summed E-state index contributed by atoms with van der Waals surface area (Å²) in [7, 11) is 4.64. The van der Waals surface area contributed by atoms with E-state index in [1.54, 1.807) is 45.6 Å². The van der Waals surface area contributed by atoms with Gasteiger partial charge in [-0.2, -0.15) is 5.26 Å². The minimum Gasteiger partial charge on any atom is -0.493 e. The molecule has 1 amide bonds. The van der Waals surface area contributed by atoms with Crippen molar-refractivity contribution >= 4 is 5.91 Å². The Morgan fingerprint density at radius 1 is 1.00 bits per heavy atom. The highest BCUT2D eigenvalue weighted by Gasteiger charge is 2.20.